The summed E-state index contributed by atoms with van der Waals surface area (Å²) in [5.74, 6) is 0.970. The number of rotatable bonds is 9. The van der Waals surface area contributed by atoms with E-state index in [0.717, 1.165) is 12.2 Å². The maximum atomic E-state index is 12.7. The van der Waals surface area contributed by atoms with Gasteiger partial charge in [0.15, 0.2) is 0 Å². The van der Waals surface area contributed by atoms with Gasteiger partial charge in [0.2, 0.25) is 23.8 Å². The highest BCUT2D eigenvalue weighted by Crippen LogP contribution is 2.27. The van der Waals surface area contributed by atoms with Crippen molar-refractivity contribution in [2.45, 2.75) is 0 Å². The van der Waals surface area contributed by atoms with Crippen LogP contribution in [-0.4, -0.2) is 120 Å². The summed E-state index contributed by atoms with van der Waals surface area (Å²) in [5, 5.41) is 0. The van der Waals surface area contributed by atoms with Crippen molar-refractivity contribution in [3.8, 4) is 0 Å². The smallest absolute Gasteiger partial charge is 0.295 e. The van der Waals surface area contributed by atoms with E-state index in [1.807, 2.05) is 46.2 Å². The number of hydrogen-bond acceptors (Lipinski definition) is 16. The Morgan fingerprint density at radius 2 is 0.935 bits per heavy atom. The van der Waals surface area contributed by atoms with Gasteiger partial charge in [-0.1, -0.05) is 60.7 Å². The minimum absolute atomic E-state index is 0.0112. The molecule has 0 spiro atoms. The van der Waals surface area contributed by atoms with Crippen LogP contribution in [0.3, 0.4) is 0 Å². The number of aliphatic imine (C=N–C) groups is 2. The Bertz CT molecular complexity index is 2780. The third-order valence-corrected chi connectivity index (χ3v) is 11.1. The molecular formula is C40H38N12O8S2. The fourth-order valence-corrected chi connectivity index (χ4v) is 7.77. The molecule has 318 valence electrons. The predicted octanol–water partition coefficient (Wildman–Crippen LogP) is 3.44. The molecule has 20 nitrogen and oxygen atoms in total. The first-order valence-corrected chi connectivity index (χ1v) is 22.0. The first kappa shape index (κ1) is 41.9. The molecule has 0 saturated carbocycles. The molecule has 8 rings (SSSR count). The fraction of sp³-hybridized carbons (Fsp3) is 0.200. The molecule has 22 heteroatoms. The number of aromatic amines is 2. The third kappa shape index (κ3) is 10.7. The van der Waals surface area contributed by atoms with E-state index in [-0.39, 0.29) is 45.7 Å². The SMILES string of the molecule is O=S(=O)(O)C1=CC(=Nc2nc(=Nc3ccccc3)nc(N3CCOCC3)[nH]2)C=C/C1=C\C=C1/C=CC(=Nc2nc(=Nc3ccccc3)nc(N3CCOCC3)[nH]2)C=C1S(=O)(=O)O. The first-order chi connectivity index (χ1) is 29.9. The Kier molecular flexibility index (Phi) is 12.5. The maximum Gasteiger partial charge on any atom is 0.295 e. The summed E-state index contributed by atoms with van der Waals surface area (Å²) in [6, 6.07) is 18.2. The number of morpholine rings is 2. The van der Waals surface area contributed by atoms with Gasteiger partial charge in [0.1, 0.15) is 9.81 Å². The van der Waals surface area contributed by atoms with E-state index in [9.17, 15) is 25.9 Å². The maximum absolute atomic E-state index is 12.7. The van der Waals surface area contributed by atoms with E-state index < -0.39 is 30.0 Å². The average Bonchev–Trinajstić information content (AvgIpc) is 3.27. The number of H-pyrrole nitrogens is 2. The molecule has 62 heavy (non-hydrogen) atoms. The molecule has 0 unspecified atom stereocenters. The molecule has 2 saturated heterocycles. The Morgan fingerprint density at radius 1 is 0.548 bits per heavy atom. The van der Waals surface area contributed by atoms with Crippen molar-refractivity contribution in [3.05, 3.63) is 141 Å². The van der Waals surface area contributed by atoms with Crippen LogP contribution in [-0.2, 0) is 29.7 Å². The number of aromatic nitrogens is 6. The minimum Gasteiger partial charge on any atom is -0.378 e. The van der Waals surface area contributed by atoms with Crippen molar-refractivity contribution in [3.63, 3.8) is 0 Å². The van der Waals surface area contributed by atoms with Crippen molar-refractivity contribution in [1.82, 2.24) is 29.9 Å². The second kappa shape index (κ2) is 18.4. The van der Waals surface area contributed by atoms with Crippen molar-refractivity contribution in [1.29, 1.82) is 0 Å². The largest absolute Gasteiger partial charge is 0.378 e. The van der Waals surface area contributed by atoms with Gasteiger partial charge in [-0.25, -0.2) is 20.0 Å². The normalized spacial score (nSPS) is 20.7. The van der Waals surface area contributed by atoms with Crippen LogP contribution < -0.4 is 21.0 Å². The molecule has 0 radical (unpaired) electrons. The lowest BCUT2D eigenvalue weighted by Gasteiger charge is -2.27. The lowest BCUT2D eigenvalue weighted by Crippen LogP contribution is -2.38. The Morgan fingerprint density at radius 3 is 1.31 bits per heavy atom. The van der Waals surface area contributed by atoms with Gasteiger partial charge in [-0.15, -0.1) is 0 Å². The number of anilines is 2. The number of benzene rings is 2. The number of nitrogens with zero attached hydrogens (tertiary/aromatic N) is 10. The number of ether oxygens (including phenoxy) is 2. The van der Waals surface area contributed by atoms with Crippen LogP contribution in [0.5, 0.6) is 0 Å². The molecule has 2 aliphatic carbocycles. The molecule has 2 aromatic carbocycles. The van der Waals surface area contributed by atoms with Crippen LogP contribution in [0.2, 0.25) is 0 Å². The van der Waals surface area contributed by atoms with Gasteiger partial charge in [-0.05, 0) is 59.7 Å². The molecular weight excluding hydrogens is 841 g/mol. The Labute approximate surface area is 354 Å². The second-order valence-corrected chi connectivity index (χ2v) is 16.4. The van der Waals surface area contributed by atoms with Gasteiger partial charge < -0.3 is 19.3 Å². The average molecular weight is 879 g/mol. The monoisotopic (exact) mass is 878 g/mol. The zero-order valence-corrected chi connectivity index (χ0v) is 34.3. The van der Waals surface area contributed by atoms with Gasteiger partial charge in [0.25, 0.3) is 31.5 Å². The van der Waals surface area contributed by atoms with Gasteiger partial charge in [-0.3, -0.25) is 19.1 Å². The second-order valence-electron chi connectivity index (χ2n) is 13.6. The molecule has 4 N–H and O–H groups in total. The summed E-state index contributed by atoms with van der Waals surface area (Å²) < 4.78 is 82.4. The molecule has 4 heterocycles. The van der Waals surface area contributed by atoms with E-state index in [2.05, 4.69) is 49.9 Å². The number of para-hydroxylation sites is 2. The lowest BCUT2D eigenvalue weighted by molar-refractivity contribution is 0.122. The van der Waals surface area contributed by atoms with Crippen LogP contribution in [0.1, 0.15) is 0 Å². The molecule has 2 aliphatic heterocycles. The Balaban J connectivity index is 1.11. The van der Waals surface area contributed by atoms with Gasteiger partial charge in [0, 0.05) is 26.2 Å². The summed E-state index contributed by atoms with van der Waals surface area (Å²) in [7, 11) is -9.71. The molecule has 0 amide bonds. The zero-order chi connectivity index (χ0) is 43.1. The topological polar surface area (TPSA) is 266 Å². The van der Waals surface area contributed by atoms with Gasteiger partial charge >= 0.3 is 0 Å². The van der Waals surface area contributed by atoms with Crippen LogP contribution >= 0.6 is 0 Å². The third-order valence-electron chi connectivity index (χ3n) is 9.33. The molecule has 2 aromatic heterocycles. The van der Waals surface area contributed by atoms with E-state index >= 15 is 0 Å². The van der Waals surface area contributed by atoms with Crippen LogP contribution in [0, 0.1) is 0 Å². The Hall–Kier alpha value is -6.82. The van der Waals surface area contributed by atoms with Gasteiger partial charge in [-0.2, -0.15) is 36.8 Å². The quantitative estimate of drug-likeness (QED) is 0.176. The lowest BCUT2D eigenvalue weighted by atomic mass is 10.0. The highest BCUT2D eigenvalue weighted by Gasteiger charge is 2.24. The summed E-state index contributed by atoms with van der Waals surface area (Å²) in [5.41, 5.74) is 1.61. The van der Waals surface area contributed by atoms with Crippen LogP contribution in [0.15, 0.2) is 150 Å². The van der Waals surface area contributed by atoms with Crippen molar-refractivity contribution in [2.24, 2.45) is 20.0 Å². The highest BCUT2D eigenvalue weighted by molar-refractivity contribution is 7.90. The minimum atomic E-state index is -4.85. The first-order valence-electron chi connectivity index (χ1n) is 19.1. The molecule has 0 bridgehead atoms. The number of hydrogen-bond donors (Lipinski definition) is 4. The van der Waals surface area contributed by atoms with Gasteiger partial charge in [0.05, 0.1) is 49.2 Å². The van der Waals surface area contributed by atoms with Crippen LogP contribution in [0.25, 0.3) is 0 Å². The van der Waals surface area contributed by atoms with Crippen molar-refractivity contribution < 1.29 is 35.4 Å². The highest BCUT2D eigenvalue weighted by atomic mass is 32.2. The molecule has 4 aliphatic rings. The van der Waals surface area contributed by atoms with E-state index in [4.69, 9.17) is 9.47 Å². The summed E-state index contributed by atoms with van der Waals surface area (Å²) >= 11 is 0. The summed E-state index contributed by atoms with van der Waals surface area (Å²) in [6.45, 7) is 4.13. The summed E-state index contributed by atoms with van der Waals surface area (Å²) in [4.78, 5) is 45.0. The van der Waals surface area contributed by atoms with E-state index in [1.54, 1.807) is 24.3 Å². The molecule has 2 fully saturated rings. The van der Waals surface area contributed by atoms with Crippen LogP contribution in [0.4, 0.5) is 35.2 Å². The van der Waals surface area contributed by atoms with E-state index in [0.29, 0.717) is 75.9 Å². The van der Waals surface area contributed by atoms with Crippen molar-refractivity contribution in [2.75, 3.05) is 62.4 Å². The number of allylic oxidation sites excluding steroid dienone is 10. The summed E-state index contributed by atoms with van der Waals surface area (Å²) in [6.07, 6.45) is 10.6. The standard InChI is InChI=1S/C40H38N12O8S2/c53-61(54,55)33-25-31(43-37-45-35(41-29-7-3-1-4-8-29)47-39(49-37)51-17-21-59-22-18-51)15-13-27(33)11-12-28-14-16-32(26-34(28)62(56,57)58)44-38-46-36(42-30-9-5-2-6-10-30)48-40(50-38)52-19-23-60-24-20-52/h1-16,25-26H,17-24H2,(H,53,54,55)(H,56,57,58)(H,41,45,47,49)(H,42,46,48,50)/b27-11+,28-12+,43-31?,44-32?. The predicted molar refractivity (Wildman–Crippen MR) is 230 cm³/mol. The number of nitrogens with one attached hydrogen (secondary N) is 2. The van der Waals surface area contributed by atoms with Crippen molar-refractivity contribution >= 4 is 66.8 Å². The van der Waals surface area contributed by atoms with E-state index in [1.165, 1.54) is 36.5 Å². The molecule has 0 atom stereocenters. The fourth-order valence-electron chi connectivity index (χ4n) is 6.36. The molecule has 4 aromatic rings. The zero-order valence-electron chi connectivity index (χ0n) is 32.7.